The van der Waals surface area contributed by atoms with Gasteiger partial charge in [0, 0.05) is 38.7 Å². The van der Waals surface area contributed by atoms with Crippen LogP contribution in [0.5, 0.6) is 0 Å². The topological polar surface area (TPSA) is 69.3 Å². The van der Waals surface area contributed by atoms with Gasteiger partial charge in [-0.05, 0) is 36.8 Å². The molecule has 1 atom stereocenters. The number of rotatable bonds is 6. The average Bonchev–Trinajstić information content (AvgIpc) is 2.74. The van der Waals surface area contributed by atoms with Crippen molar-refractivity contribution in [2.75, 3.05) is 20.3 Å². The number of hydrogen-bond acceptors (Lipinski definition) is 3. The molecule has 5 heteroatoms. The summed E-state index contributed by atoms with van der Waals surface area (Å²) in [6.45, 7) is 1.70. The highest BCUT2D eigenvalue weighted by molar-refractivity contribution is 5.75. The van der Waals surface area contributed by atoms with Crippen molar-refractivity contribution in [2.45, 2.75) is 44.7 Å². The lowest BCUT2D eigenvalue weighted by atomic mass is 10.1. The van der Waals surface area contributed by atoms with Gasteiger partial charge in [-0.1, -0.05) is 6.42 Å². The molecule has 1 aliphatic carbocycles. The number of methoxy groups -OCH3 is 1. The molecule has 20 heavy (non-hydrogen) atoms. The van der Waals surface area contributed by atoms with Crippen molar-refractivity contribution in [1.29, 1.82) is 0 Å². The van der Waals surface area contributed by atoms with E-state index in [-0.39, 0.29) is 11.9 Å². The molecule has 0 aliphatic heterocycles. The maximum absolute atomic E-state index is 11.8. The second-order valence-electron chi connectivity index (χ2n) is 5.46. The van der Waals surface area contributed by atoms with E-state index in [9.17, 15) is 4.79 Å². The Labute approximate surface area is 120 Å². The van der Waals surface area contributed by atoms with E-state index in [0.717, 1.165) is 19.3 Å². The summed E-state index contributed by atoms with van der Waals surface area (Å²) in [5.41, 5.74) is 8.70. The summed E-state index contributed by atoms with van der Waals surface area (Å²) in [6.07, 6.45) is 9.46. The molecule has 0 saturated heterocycles. The molecule has 0 fully saturated rings. The van der Waals surface area contributed by atoms with Crippen LogP contribution in [0, 0.1) is 0 Å². The highest BCUT2D eigenvalue weighted by Gasteiger charge is 2.17. The summed E-state index contributed by atoms with van der Waals surface area (Å²) >= 11 is 0. The van der Waals surface area contributed by atoms with Crippen LogP contribution in [0.1, 0.15) is 42.9 Å². The Kier molecular flexibility index (Phi) is 5.61. The third kappa shape index (κ3) is 4.08. The summed E-state index contributed by atoms with van der Waals surface area (Å²) in [5, 5.41) is 2.90. The first kappa shape index (κ1) is 15.1. The molecule has 2 rings (SSSR count). The number of nitrogens with one attached hydrogen (secondary N) is 1. The summed E-state index contributed by atoms with van der Waals surface area (Å²) in [4.78, 5) is 11.8. The standard InChI is InChI=1S/C15H25N3O2/c1-20-8-4-7-17-15(19)11-18-9-12-5-2-3-6-14(16)13(12)10-18/h9-10,14H,2-8,11,16H2,1H3,(H,17,19). The third-order valence-electron chi connectivity index (χ3n) is 3.78. The van der Waals surface area contributed by atoms with Gasteiger partial charge in [-0.25, -0.2) is 0 Å². The third-order valence-corrected chi connectivity index (χ3v) is 3.78. The molecule has 1 aliphatic rings. The van der Waals surface area contributed by atoms with E-state index in [4.69, 9.17) is 10.5 Å². The number of nitrogens with two attached hydrogens (primary N) is 1. The largest absolute Gasteiger partial charge is 0.385 e. The lowest BCUT2D eigenvalue weighted by Crippen LogP contribution is -2.28. The van der Waals surface area contributed by atoms with Gasteiger partial charge < -0.3 is 20.4 Å². The normalized spacial score (nSPS) is 18.4. The first-order chi connectivity index (χ1) is 9.70. The molecule has 0 bridgehead atoms. The molecule has 112 valence electrons. The minimum absolute atomic E-state index is 0.0415. The maximum Gasteiger partial charge on any atom is 0.239 e. The predicted molar refractivity (Wildman–Crippen MR) is 78.4 cm³/mol. The minimum Gasteiger partial charge on any atom is -0.385 e. The van der Waals surface area contributed by atoms with Crippen molar-refractivity contribution < 1.29 is 9.53 Å². The maximum atomic E-state index is 11.8. The van der Waals surface area contributed by atoms with Crippen LogP contribution in [0.2, 0.25) is 0 Å². The molecule has 5 nitrogen and oxygen atoms in total. The minimum atomic E-state index is 0.0415. The molecule has 1 aromatic rings. The van der Waals surface area contributed by atoms with Crippen LogP contribution < -0.4 is 11.1 Å². The Morgan fingerprint density at radius 1 is 1.50 bits per heavy atom. The Morgan fingerprint density at radius 2 is 2.35 bits per heavy atom. The van der Waals surface area contributed by atoms with Crippen LogP contribution in [0.25, 0.3) is 0 Å². The van der Waals surface area contributed by atoms with Gasteiger partial charge in [0.2, 0.25) is 5.91 Å². The van der Waals surface area contributed by atoms with Gasteiger partial charge in [0.1, 0.15) is 6.54 Å². The highest BCUT2D eigenvalue weighted by atomic mass is 16.5. The number of amides is 1. The van der Waals surface area contributed by atoms with Gasteiger partial charge in [0.05, 0.1) is 0 Å². The van der Waals surface area contributed by atoms with E-state index in [1.807, 2.05) is 10.8 Å². The monoisotopic (exact) mass is 279 g/mol. The number of fused-ring (bicyclic) bond motifs is 1. The number of carbonyl (C=O) groups is 1. The predicted octanol–water partition coefficient (Wildman–Crippen LogP) is 1.37. The molecular formula is C15H25N3O2. The molecule has 0 spiro atoms. The molecular weight excluding hydrogens is 254 g/mol. The summed E-state index contributed by atoms with van der Waals surface area (Å²) in [5.74, 6) is 0.0415. The molecule has 1 amide bonds. The molecule has 1 heterocycles. The van der Waals surface area contributed by atoms with Crippen LogP contribution >= 0.6 is 0 Å². The van der Waals surface area contributed by atoms with Gasteiger partial charge in [-0.15, -0.1) is 0 Å². The van der Waals surface area contributed by atoms with Crippen molar-refractivity contribution in [2.24, 2.45) is 5.73 Å². The first-order valence-corrected chi connectivity index (χ1v) is 7.40. The smallest absolute Gasteiger partial charge is 0.239 e. The second kappa shape index (κ2) is 7.45. The molecule has 0 aromatic carbocycles. The summed E-state index contributed by atoms with van der Waals surface area (Å²) in [7, 11) is 1.66. The lowest BCUT2D eigenvalue weighted by molar-refractivity contribution is -0.121. The van der Waals surface area contributed by atoms with Gasteiger partial charge in [0.15, 0.2) is 0 Å². The highest BCUT2D eigenvalue weighted by Crippen LogP contribution is 2.27. The molecule has 0 radical (unpaired) electrons. The van der Waals surface area contributed by atoms with E-state index in [1.165, 1.54) is 24.0 Å². The van der Waals surface area contributed by atoms with Gasteiger partial charge in [-0.2, -0.15) is 0 Å². The van der Waals surface area contributed by atoms with Crippen molar-refractivity contribution in [3.05, 3.63) is 23.5 Å². The first-order valence-electron chi connectivity index (χ1n) is 7.40. The number of aryl methyl sites for hydroxylation is 1. The number of nitrogens with zero attached hydrogens (tertiary/aromatic N) is 1. The lowest BCUT2D eigenvalue weighted by Gasteiger charge is -2.08. The van der Waals surface area contributed by atoms with E-state index >= 15 is 0 Å². The van der Waals surface area contributed by atoms with Crippen molar-refractivity contribution in [3.63, 3.8) is 0 Å². The molecule has 1 aromatic heterocycles. The SMILES string of the molecule is COCCCNC(=O)Cn1cc2c(c1)C(N)CCCC2. The van der Waals surface area contributed by atoms with Crippen LogP contribution in [0.4, 0.5) is 0 Å². The zero-order valence-electron chi connectivity index (χ0n) is 12.2. The number of aromatic nitrogens is 1. The van der Waals surface area contributed by atoms with Gasteiger partial charge >= 0.3 is 0 Å². The number of ether oxygens (including phenoxy) is 1. The Hall–Kier alpha value is -1.33. The van der Waals surface area contributed by atoms with Gasteiger partial charge in [0.25, 0.3) is 0 Å². The Balaban J connectivity index is 1.87. The van der Waals surface area contributed by atoms with Crippen molar-refractivity contribution >= 4 is 5.91 Å². The van der Waals surface area contributed by atoms with Gasteiger partial charge in [-0.3, -0.25) is 4.79 Å². The zero-order chi connectivity index (χ0) is 14.4. The fourth-order valence-corrected chi connectivity index (χ4v) is 2.71. The van der Waals surface area contributed by atoms with E-state index in [0.29, 0.717) is 19.7 Å². The molecule has 0 saturated carbocycles. The fourth-order valence-electron chi connectivity index (χ4n) is 2.71. The fraction of sp³-hybridized carbons (Fsp3) is 0.667. The van der Waals surface area contributed by atoms with Crippen LogP contribution in [0.3, 0.4) is 0 Å². The van der Waals surface area contributed by atoms with Crippen LogP contribution in [0.15, 0.2) is 12.4 Å². The van der Waals surface area contributed by atoms with Crippen LogP contribution in [-0.4, -0.2) is 30.7 Å². The summed E-state index contributed by atoms with van der Waals surface area (Å²) in [6, 6.07) is 0.124. The average molecular weight is 279 g/mol. The molecule has 1 unspecified atom stereocenters. The Morgan fingerprint density at radius 3 is 3.15 bits per heavy atom. The van der Waals surface area contributed by atoms with E-state index in [2.05, 4.69) is 11.5 Å². The van der Waals surface area contributed by atoms with E-state index in [1.54, 1.807) is 7.11 Å². The number of hydrogen-bond donors (Lipinski definition) is 2. The quantitative estimate of drug-likeness (QED) is 0.610. The van der Waals surface area contributed by atoms with Crippen molar-refractivity contribution in [1.82, 2.24) is 9.88 Å². The second-order valence-corrected chi connectivity index (χ2v) is 5.46. The number of carbonyl (C=O) groups excluding carboxylic acids is 1. The zero-order valence-corrected chi connectivity index (χ0v) is 12.2. The van der Waals surface area contributed by atoms with E-state index < -0.39 is 0 Å². The Bertz CT molecular complexity index is 442. The van der Waals surface area contributed by atoms with Crippen LogP contribution in [-0.2, 0) is 22.5 Å². The molecule has 3 N–H and O–H groups in total. The summed E-state index contributed by atoms with van der Waals surface area (Å²) < 4.78 is 6.91. The van der Waals surface area contributed by atoms with Crippen molar-refractivity contribution in [3.8, 4) is 0 Å².